The average molecular weight is 192 g/mol. The van der Waals surface area contributed by atoms with Gasteiger partial charge in [-0.1, -0.05) is 38.1 Å². The summed E-state index contributed by atoms with van der Waals surface area (Å²) in [7, 11) is 0. The van der Waals surface area contributed by atoms with Crippen molar-refractivity contribution >= 4 is 6.08 Å². The summed E-state index contributed by atoms with van der Waals surface area (Å²) < 4.78 is 0. The van der Waals surface area contributed by atoms with Gasteiger partial charge in [-0.25, -0.2) is 0 Å². The Morgan fingerprint density at radius 3 is 3.00 bits per heavy atom. The minimum absolute atomic E-state index is 0.634. The number of rotatable bonds is 6. The Morgan fingerprint density at radius 1 is 1.43 bits per heavy atom. The van der Waals surface area contributed by atoms with Gasteiger partial charge in [-0.2, -0.15) is 4.89 Å². The van der Waals surface area contributed by atoms with Crippen molar-refractivity contribution in [2.24, 2.45) is 0 Å². The van der Waals surface area contributed by atoms with E-state index in [1.807, 2.05) is 24.3 Å². The molecule has 1 rings (SSSR count). The second kappa shape index (κ2) is 6.22. The van der Waals surface area contributed by atoms with Gasteiger partial charge in [0.15, 0.2) is 5.75 Å². The molecule has 14 heavy (non-hydrogen) atoms. The van der Waals surface area contributed by atoms with Crippen LogP contribution in [0.5, 0.6) is 5.75 Å². The van der Waals surface area contributed by atoms with Crippen molar-refractivity contribution in [2.75, 3.05) is 6.61 Å². The van der Waals surface area contributed by atoms with Gasteiger partial charge in [0.25, 0.3) is 0 Å². The summed E-state index contributed by atoms with van der Waals surface area (Å²) in [5.41, 5.74) is 1.03. The van der Waals surface area contributed by atoms with Crippen LogP contribution in [0.4, 0.5) is 0 Å². The predicted octanol–water partition coefficient (Wildman–Crippen LogP) is 3.44. The van der Waals surface area contributed by atoms with Crippen LogP contribution in [-0.2, 0) is 4.89 Å². The van der Waals surface area contributed by atoms with Crippen molar-refractivity contribution < 1.29 is 9.78 Å². The minimum Gasteiger partial charge on any atom is -0.338 e. The summed E-state index contributed by atoms with van der Waals surface area (Å²) in [4.78, 5) is 10.1. The summed E-state index contributed by atoms with van der Waals surface area (Å²) in [6, 6.07) is 7.62. The first-order valence-electron chi connectivity index (χ1n) is 4.88. The largest absolute Gasteiger partial charge is 0.338 e. The summed E-state index contributed by atoms with van der Waals surface area (Å²) >= 11 is 0. The highest BCUT2D eigenvalue weighted by Gasteiger charge is 1.94. The zero-order chi connectivity index (χ0) is 10.2. The van der Waals surface area contributed by atoms with Crippen molar-refractivity contribution in [1.29, 1.82) is 0 Å². The van der Waals surface area contributed by atoms with Gasteiger partial charge < -0.3 is 4.89 Å². The van der Waals surface area contributed by atoms with Crippen LogP contribution in [0.2, 0.25) is 0 Å². The predicted molar refractivity (Wildman–Crippen MR) is 58.0 cm³/mol. The third-order valence-electron chi connectivity index (χ3n) is 1.83. The lowest BCUT2D eigenvalue weighted by atomic mass is 10.2. The second-order valence-corrected chi connectivity index (χ2v) is 3.04. The zero-order valence-corrected chi connectivity index (χ0v) is 8.53. The van der Waals surface area contributed by atoms with Gasteiger partial charge in [0.2, 0.25) is 0 Å². The third-order valence-corrected chi connectivity index (χ3v) is 1.83. The fourth-order valence-electron chi connectivity index (χ4n) is 1.01. The second-order valence-electron chi connectivity index (χ2n) is 3.04. The van der Waals surface area contributed by atoms with Crippen LogP contribution in [0.25, 0.3) is 6.08 Å². The van der Waals surface area contributed by atoms with E-state index in [4.69, 9.17) is 9.78 Å². The van der Waals surface area contributed by atoms with E-state index in [0.717, 1.165) is 24.2 Å². The Balaban J connectivity index is 2.38. The monoisotopic (exact) mass is 192 g/mol. The van der Waals surface area contributed by atoms with Gasteiger partial charge in [-0.05, 0) is 24.1 Å². The summed E-state index contributed by atoms with van der Waals surface area (Å²) in [5, 5.41) is 0. The summed E-state index contributed by atoms with van der Waals surface area (Å²) in [6.45, 7) is 6.43. The molecule has 1 aromatic rings. The zero-order valence-electron chi connectivity index (χ0n) is 8.53. The molecule has 76 valence electrons. The topological polar surface area (TPSA) is 18.5 Å². The number of hydrogen-bond donors (Lipinski definition) is 0. The molecule has 0 aromatic heterocycles. The van der Waals surface area contributed by atoms with Gasteiger partial charge in [0.05, 0.1) is 6.61 Å². The maximum atomic E-state index is 5.10. The third kappa shape index (κ3) is 3.62. The normalized spacial score (nSPS) is 9.79. The molecule has 1 aromatic carbocycles. The molecule has 0 bridgehead atoms. The van der Waals surface area contributed by atoms with Crippen LogP contribution >= 0.6 is 0 Å². The minimum atomic E-state index is 0.634. The van der Waals surface area contributed by atoms with Gasteiger partial charge in [-0.3, -0.25) is 0 Å². The van der Waals surface area contributed by atoms with Crippen LogP contribution in [0.1, 0.15) is 25.3 Å². The molecule has 0 amide bonds. The van der Waals surface area contributed by atoms with E-state index < -0.39 is 0 Å². The lowest BCUT2D eigenvalue weighted by Crippen LogP contribution is -1.98. The van der Waals surface area contributed by atoms with Crippen molar-refractivity contribution in [1.82, 2.24) is 0 Å². The van der Waals surface area contributed by atoms with Crippen molar-refractivity contribution in [3.8, 4) is 5.75 Å². The van der Waals surface area contributed by atoms with E-state index in [1.54, 1.807) is 6.08 Å². The quantitative estimate of drug-likeness (QED) is 0.390. The van der Waals surface area contributed by atoms with E-state index in [0.29, 0.717) is 6.61 Å². The Morgan fingerprint density at radius 2 is 2.29 bits per heavy atom. The van der Waals surface area contributed by atoms with E-state index in [1.165, 1.54) is 0 Å². The first-order chi connectivity index (χ1) is 6.86. The molecule has 0 radical (unpaired) electrons. The highest BCUT2D eigenvalue weighted by molar-refractivity contribution is 5.49. The van der Waals surface area contributed by atoms with E-state index >= 15 is 0 Å². The van der Waals surface area contributed by atoms with Gasteiger partial charge in [0, 0.05) is 0 Å². The van der Waals surface area contributed by atoms with Crippen LogP contribution in [-0.4, -0.2) is 6.61 Å². The highest BCUT2D eigenvalue weighted by Crippen LogP contribution is 2.14. The van der Waals surface area contributed by atoms with Gasteiger partial charge >= 0.3 is 0 Å². The van der Waals surface area contributed by atoms with Crippen LogP contribution in [0.15, 0.2) is 30.8 Å². The van der Waals surface area contributed by atoms with Crippen LogP contribution in [0.3, 0.4) is 0 Å². The summed E-state index contributed by atoms with van der Waals surface area (Å²) in [5.74, 6) is 0.721. The lowest BCUT2D eigenvalue weighted by Gasteiger charge is -2.04. The molecule has 0 heterocycles. The van der Waals surface area contributed by atoms with Crippen molar-refractivity contribution in [3.63, 3.8) is 0 Å². The number of benzene rings is 1. The van der Waals surface area contributed by atoms with E-state index in [2.05, 4.69) is 13.5 Å². The molecule has 2 nitrogen and oxygen atoms in total. The van der Waals surface area contributed by atoms with Gasteiger partial charge in [-0.15, -0.1) is 0 Å². The SMILES string of the molecule is C=Cc1cccc(OOCCCC)c1. The molecule has 0 saturated carbocycles. The fourth-order valence-corrected chi connectivity index (χ4v) is 1.01. The molecule has 0 spiro atoms. The fraction of sp³-hybridized carbons (Fsp3) is 0.333. The molecule has 0 aliphatic heterocycles. The van der Waals surface area contributed by atoms with Crippen molar-refractivity contribution in [2.45, 2.75) is 19.8 Å². The smallest absolute Gasteiger partial charge is 0.165 e. The molecular formula is C12H16O2. The first-order valence-corrected chi connectivity index (χ1v) is 4.88. The molecule has 0 aliphatic carbocycles. The molecule has 0 atom stereocenters. The number of hydrogen-bond acceptors (Lipinski definition) is 2. The van der Waals surface area contributed by atoms with Gasteiger partial charge in [0.1, 0.15) is 0 Å². The average Bonchev–Trinajstić information content (AvgIpc) is 2.25. The van der Waals surface area contributed by atoms with E-state index in [9.17, 15) is 0 Å². The summed E-state index contributed by atoms with van der Waals surface area (Å²) in [6.07, 6.45) is 3.90. The lowest BCUT2D eigenvalue weighted by molar-refractivity contribution is -0.207. The molecule has 0 fully saturated rings. The Bertz CT molecular complexity index is 281. The molecule has 2 heteroatoms. The maximum absolute atomic E-state index is 5.10. The van der Waals surface area contributed by atoms with E-state index in [-0.39, 0.29) is 0 Å². The molecular weight excluding hydrogens is 176 g/mol. The van der Waals surface area contributed by atoms with Crippen LogP contribution in [0, 0.1) is 0 Å². The van der Waals surface area contributed by atoms with Crippen LogP contribution < -0.4 is 4.89 Å². The molecule has 0 aliphatic rings. The Hall–Kier alpha value is -1.28. The molecule has 0 unspecified atom stereocenters. The number of unbranched alkanes of at least 4 members (excludes halogenated alkanes) is 1. The highest BCUT2D eigenvalue weighted by atomic mass is 17.2. The molecule has 0 N–H and O–H groups in total. The Labute approximate surface area is 85.1 Å². The maximum Gasteiger partial charge on any atom is 0.165 e. The standard InChI is InChI=1S/C12H16O2/c1-3-5-9-13-14-12-8-6-7-11(4-2)10-12/h4,6-8,10H,2-3,5,9H2,1H3. The first kappa shape index (κ1) is 10.8. The van der Waals surface area contributed by atoms with Crippen molar-refractivity contribution in [3.05, 3.63) is 36.4 Å². The Kier molecular flexibility index (Phi) is 4.79. The molecule has 0 saturated heterocycles.